The number of benzene rings is 6. The van der Waals surface area contributed by atoms with Crippen LogP contribution in [0.2, 0.25) is 0 Å². The van der Waals surface area contributed by atoms with Gasteiger partial charge in [0.05, 0.1) is 0 Å². The Labute approximate surface area is 239 Å². The summed E-state index contributed by atoms with van der Waals surface area (Å²) in [6.07, 6.45) is 0. The molecule has 3 nitrogen and oxygen atoms in total. The summed E-state index contributed by atoms with van der Waals surface area (Å²) in [6, 6.07) is 47.1. The maximum Gasteiger partial charge on any atom is 0.227 e. The lowest BCUT2D eigenvalue weighted by Gasteiger charge is -2.27. The average Bonchev–Trinajstić information content (AvgIpc) is 3.56. The highest BCUT2D eigenvalue weighted by atomic mass is 16.3. The van der Waals surface area contributed by atoms with E-state index in [-0.39, 0.29) is 5.41 Å². The summed E-state index contributed by atoms with van der Waals surface area (Å²) in [7, 11) is 0. The van der Waals surface area contributed by atoms with Gasteiger partial charge in [-0.3, -0.25) is 0 Å². The lowest BCUT2D eigenvalue weighted by molar-refractivity contribution is 0.623. The van der Waals surface area contributed by atoms with Gasteiger partial charge in [0, 0.05) is 33.4 Å². The second-order valence-corrected chi connectivity index (χ2v) is 11.3. The van der Waals surface area contributed by atoms with Gasteiger partial charge in [0.1, 0.15) is 5.52 Å². The molecule has 1 aliphatic carbocycles. The molecule has 7 aromatic rings. The highest BCUT2D eigenvalue weighted by Crippen LogP contribution is 2.50. The quantitative estimate of drug-likeness (QED) is 0.228. The van der Waals surface area contributed by atoms with Crippen LogP contribution in [0.5, 0.6) is 0 Å². The molecule has 1 heterocycles. The van der Waals surface area contributed by atoms with Gasteiger partial charge in [0.25, 0.3) is 0 Å². The van der Waals surface area contributed by atoms with Crippen molar-refractivity contribution in [2.75, 3.05) is 4.90 Å². The Morgan fingerprint density at radius 3 is 2.07 bits per heavy atom. The summed E-state index contributed by atoms with van der Waals surface area (Å²) in [5.41, 5.74) is 11.3. The Hall–Kier alpha value is -5.15. The molecule has 196 valence electrons. The molecule has 41 heavy (non-hydrogen) atoms. The van der Waals surface area contributed by atoms with Gasteiger partial charge >= 0.3 is 0 Å². The van der Waals surface area contributed by atoms with E-state index < -0.39 is 0 Å². The molecular weight excluding hydrogens is 500 g/mol. The van der Waals surface area contributed by atoms with Crippen molar-refractivity contribution in [2.24, 2.45) is 0 Å². The molecule has 0 saturated heterocycles. The van der Waals surface area contributed by atoms with Gasteiger partial charge < -0.3 is 9.32 Å². The molecule has 0 N–H and O–H groups in total. The van der Waals surface area contributed by atoms with Gasteiger partial charge in [0.15, 0.2) is 5.58 Å². The van der Waals surface area contributed by atoms with Crippen molar-refractivity contribution in [3.8, 4) is 22.6 Å². The van der Waals surface area contributed by atoms with Gasteiger partial charge in [0.2, 0.25) is 5.89 Å². The van der Waals surface area contributed by atoms with Crippen molar-refractivity contribution in [3.05, 3.63) is 145 Å². The van der Waals surface area contributed by atoms with Crippen LogP contribution in [0, 0.1) is 0 Å². The van der Waals surface area contributed by atoms with Gasteiger partial charge in [-0.2, -0.15) is 0 Å². The summed E-state index contributed by atoms with van der Waals surface area (Å²) in [5.74, 6) is 0.637. The zero-order valence-electron chi connectivity index (χ0n) is 23.0. The van der Waals surface area contributed by atoms with E-state index >= 15 is 0 Å². The highest BCUT2D eigenvalue weighted by molar-refractivity contribution is 6.05. The van der Waals surface area contributed by atoms with E-state index in [9.17, 15) is 0 Å². The van der Waals surface area contributed by atoms with Gasteiger partial charge in [-0.05, 0) is 82.2 Å². The molecule has 0 bridgehead atoms. The minimum absolute atomic E-state index is 0.0284. The van der Waals surface area contributed by atoms with E-state index in [1.807, 2.05) is 36.4 Å². The van der Waals surface area contributed by atoms with Crippen molar-refractivity contribution in [1.82, 2.24) is 4.98 Å². The Bertz CT molecular complexity index is 2070. The first-order valence-corrected chi connectivity index (χ1v) is 14.1. The Morgan fingerprint density at radius 1 is 0.585 bits per heavy atom. The first-order valence-electron chi connectivity index (χ1n) is 14.1. The van der Waals surface area contributed by atoms with Crippen LogP contribution in [0.3, 0.4) is 0 Å². The highest BCUT2D eigenvalue weighted by Gasteiger charge is 2.35. The first-order chi connectivity index (χ1) is 20.1. The van der Waals surface area contributed by atoms with Crippen LogP contribution >= 0.6 is 0 Å². The molecule has 0 fully saturated rings. The number of nitrogens with zero attached hydrogens (tertiary/aromatic N) is 2. The maximum atomic E-state index is 6.41. The maximum absolute atomic E-state index is 6.41. The van der Waals surface area contributed by atoms with E-state index in [0.29, 0.717) is 5.89 Å². The fraction of sp³-hybridized carbons (Fsp3) is 0.0789. The number of anilines is 3. The van der Waals surface area contributed by atoms with Crippen LogP contribution in [0.4, 0.5) is 17.1 Å². The van der Waals surface area contributed by atoms with Crippen molar-refractivity contribution in [3.63, 3.8) is 0 Å². The van der Waals surface area contributed by atoms with Crippen LogP contribution in [0.15, 0.2) is 138 Å². The molecule has 1 aliphatic rings. The Morgan fingerprint density at radius 2 is 1.24 bits per heavy atom. The lowest BCUT2D eigenvalue weighted by atomic mass is 9.82. The number of para-hydroxylation sites is 1. The van der Waals surface area contributed by atoms with E-state index in [4.69, 9.17) is 9.40 Å². The number of aromatic nitrogens is 1. The van der Waals surface area contributed by atoms with Gasteiger partial charge in [-0.15, -0.1) is 0 Å². The molecule has 0 unspecified atom stereocenters. The molecule has 3 heteroatoms. The molecule has 0 radical (unpaired) electrons. The minimum atomic E-state index is -0.0284. The van der Waals surface area contributed by atoms with Gasteiger partial charge in [-0.25, -0.2) is 4.98 Å². The first kappa shape index (κ1) is 23.7. The van der Waals surface area contributed by atoms with Gasteiger partial charge in [-0.1, -0.05) is 92.7 Å². The average molecular weight is 529 g/mol. The fourth-order valence-corrected chi connectivity index (χ4v) is 6.41. The number of fused-ring (bicyclic) bond motifs is 6. The standard InChI is InChI=1S/C38H28N2O/c1-38(2)33-16-10-9-15-30(33)32-24-29(20-21-34(32)38)40(27-13-7-4-8-14-27)28-19-17-25-18-22-35-36(31(25)23-28)41-37(39-35)26-11-5-3-6-12-26/h3-24H,1-2H3. The molecule has 0 spiro atoms. The van der Waals surface area contributed by atoms with E-state index in [1.165, 1.54) is 22.3 Å². The predicted octanol–water partition coefficient (Wildman–Crippen LogP) is 10.4. The second-order valence-electron chi connectivity index (χ2n) is 11.3. The Kier molecular flexibility index (Phi) is 5.17. The van der Waals surface area contributed by atoms with Crippen molar-refractivity contribution >= 4 is 38.9 Å². The summed E-state index contributed by atoms with van der Waals surface area (Å²) >= 11 is 0. The van der Waals surface area contributed by atoms with Crippen LogP contribution in [-0.4, -0.2) is 4.98 Å². The minimum Gasteiger partial charge on any atom is -0.435 e. The van der Waals surface area contributed by atoms with E-state index in [2.05, 4.69) is 116 Å². The molecule has 6 aromatic carbocycles. The number of rotatable bonds is 4. The second kappa shape index (κ2) is 8.94. The topological polar surface area (TPSA) is 29.3 Å². The number of hydrogen-bond acceptors (Lipinski definition) is 3. The van der Waals surface area contributed by atoms with Crippen molar-refractivity contribution < 1.29 is 4.42 Å². The summed E-state index contributed by atoms with van der Waals surface area (Å²) < 4.78 is 6.41. The third-order valence-corrected chi connectivity index (χ3v) is 8.47. The van der Waals surface area contributed by atoms with Crippen molar-refractivity contribution in [2.45, 2.75) is 19.3 Å². The van der Waals surface area contributed by atoms with E-state index in [1.54, 1.807) is 0 Å². The lowest BCUT2D eigenvalue weighted by Crippen LogP contribution is -2.15. The third kappa shape index (κ3) is 3.70. The monoisotopic (exact) mass is 528 g/mol. The largest absolute Gasteiger partial charge is 0.435 e. The van der Waals surface area contributed by atoms with E-state index in [0.717, 1.165) is 44.5 Å². The fourth-order valence-electron chi connectivity index (χ4n) is 6.41. The number of hydrogen-bond donors (Lipinski definition) is 0. The Balaban J connectivity index is 1.32. The molecule has 1 aromatic heterocycles. The smallest absolute Gasteiger partial charge is 0.227 e. The molecular formula is C38H28N2O. The van der Waals surface area contributed by atoms with Crippen LogP contribution in [0.1, 0.15) is 25.0 Å². The summed E-state index contributed by atoms with van der Waals surface area (Å²) in [5, 5.41) is 2.16. The van der Waals surface area contributed by atoms with Crippen molar-refractivity contribution in [1.29, 1.82) is 0 Å². The van der Waals surface area contributed by atoms with Crippen LogP contribution in [0.25, 0.3) is 44.5 Å². The molecule has 0 aliphatic heterocycles. The molecule has 0 saturated carbocycles. The summed E-state index contributed by atoms with van der Waals surface area (Å²) in [6.45, 7) is 4.64. The zero-order chi connectivity index (χ0) is 27.6. The number of oxazole rings is 1. The van der Waals surface area contributed by atoms with Crippen LogP contribution < -0.4 is 4.90 Å². The molecule has 0 atom stereocenters. The predicted molar refractivity (Wildman–Crippen MR) is 169 cm³/mol. The zero-order valence-corrected chi connectivity index (χ0v) is 23.0. The molecule has 8 rings (SSSR count). The molecule has 0 amide bonds. The summed E-state index contributed by atoms with van der Waals surface area (Å²) in [4.78, 5) is 7.15. The third-order valence-electron chi connectivity index (χ3n) is 8.47. The normalized spacial score (nSPS) is 13.3. The van der Waals surface area contributed by atoms with Crippen LogP contribution in [-0.2, 0) is 5.41 Å². The SMILES string of the molecule is CC1(C)c2ccccc2-c2cc(N(c3ccccc3)c3ccc4ccc5nc(-c6ccccc6)oc5c4c3)ccc21.